The fourth-order valence-electron chi connectivity index (χ4n) is 3.17. The molecule has 0 aromatic carbocycles. The first kappa shape index (κ1) is 13.8. The molecule has 1 saturated heterocycles. The van der Waals surface area contributed by atoms with Gasteiger partial charge in [0.25, 0.3) is 0 Å². The van der Waals surface area contributed by atoms with E-state index in [0.29, 0.717) is 18.0 Å². The Labute approximate surface area is 110 Å². The normalized spacial score (nSPS) is 28.9. The van der Waals surface area contributed by atoms with Crippen LogP contribution in [0, 0.1) is 5.41 Å². The SMILES string of the molecule is CC1(C)CCCC(NC(=O)CN2CCNCC2)C1. The van der Waals surface area contributed by atoms with E-state index in [4.69, 9.17) is 0 Å². The first-order chi connectivity index (χ1) is 8.55. The smallest absolute Gasteiger partial charge is 0.234 e. The third-order valence-electron chi connectivity index (χ3n) is 4.15. The average Bonchev–Trinajstić information content (AvgIpc) is 2.28. The summed E-state index contributed by atoms with van der Waals surface area (Å²) in [6.45, 7) is 9.17. The van der Waals surface area contributed by atoms with E-state index in [2.05, 4.69) is 29.4 Å². The molecule has 4 heteroatoms. The van der Waals surface area contributed by atoms with Gasteiger partial charge in [-0.15, -0.1) is 0 Å². The molecule has 1 heterocycles. The molecule has 104 valence electrons. The first-order valence-electron chi connectivity index (χ1n) is 7.28. The van der Waals surface area contributed by atoms with Gasteiger partial charge in [0, 0.05) is 32.2 Å². The number of amides is 1. The highest BCUT2D eigenvalue weighted by Crippen LogP contribution is 2.34. The zero-order chi connectivity index (χ0) is 13.0. The van der Waals surface area contributed by atoms with Gasteiger partial charge in [-0.05, 0) is 24.7 Å². The van der Waals surface area contributed by atoms with Crippen LogP contribution >= 0.6 is 0 Å². The molecular weight excluding hydrogens is 226 g/mol. The van der Waals surface area contributed by atoms with Gasteiger partial charge in [-0.3, -0.25) is 9.69 Å². The van der Waals surface area contributed by atoms with Crippen molar-refractivity contribution in [3.63, 3.8) is 0 Å². The molecule has 0 aromatic rings. The van der Waals surface area contributed by atoms with Crippen molar-refractivity contribution in [1.82, 2.24) is 15.5 Å². The molecule has 0 bridgehead atoms. The number of nitrogens with zero attached hydrogens (tertiary/aromatic N) is 1. The van der Waals surface area contributed by atoms with Crippen molar-refractivity contribution in [3.8, 4) is 0 Å². The Balaban J connectivity index is 1.73. The predicted molar refractivity (Wildman–Crippen MR) is 73.5 cm³/mol. The number of hydrogen-bond acceptors (Lipinski definition) is 3. The minimum atomic E-state index is 0.208. The predicted octanol–water partition coefficient (Wildman–Crippen LogP) is 0.977. The zero-order valence-electron chi connectivity index (χ0n) is 11.8. The van der Waals surface area contributed by atoms with Crippen LogP contribution in [-0.4, -0.2) is 49.6 Å². The number of nitrogens with one attached hydrogen (secondary N) is 2. The second kappa shape index (κ2) is 6.02. The highest BCUT2D eigenvalue weighted by Gasteiger charge is 2.29. The van der Waals surface area contributed by atoms with Crippen molar-refractivity contribution < 1.29 is 4.79 Å². The van der Waals surface area contributed by atoms with Crippen LogP contribution in [0.1, 0.15) is 39.5 Å². The summed E-state index contributed by atoms with van der Waals surface area (Å²) in [6.07, 6.45) is 4.81. The molecule has 0 radical (unpaired) electrons. The van der Waals surface area contributed by atoms with Gasteiger partial charge in [-0.25, -0.2) is 0 Å². The van der Waals surface area contributed by atoms with Crippen LogP contribution in [-0.2, 0) is 4.79 Å². The molecule has 1 aliphatic carbocycles. The topological polar surface area (TPSA) is 44.4 Å². The van der Waals surface area contributed by atoms with Crippen molar-refractivity contribution in [2.45, 2.75) is 45.6 Å². The van der Waals surface area contributed by atoms with Gasteiger partial charge in [-0.2, -0.15) is 0 Å². The van der Waals surface area contributed by atoms with Crippen LogP contribution in [0.5, 0.6) is 0 Å². The highest BCUT2D eigenvalue weighted by molar-refractivity contribution is 5.78. The van der Waals surface area contributed by atoms with E-state index in [1.165, 1.54) is 12.8 Å². The minimum Gasteiger partial charge on any atom is -0.352 e. The van der Waals surface area contributed by atoms with Gasteiger partial charge in [0.1, 0.15) is 0 Å². The summed E-state index contributed by atoms with van der Waals surface area (Å²) in [5.41, 5.74) is 0.394. The molecule has 2 N–H and O–H groups in total. The lowest BCUT2D eigenvalue weighted by Crippen LogP contribution is -2.49. The van der Waals surface area contributed by atoms with E-state index < -0.39 is 0 Å². The number of carbonyl (C=O) groups excluding carboxylic acids is 1. The summed E-state index contributed by atoms with van der Waals surface area (Å²) in [4.78, 5) is 14.3. The Morgan fingerprint density at radius 2 is 2.11 bits per heavy atom. The Kier molecular flexibility index (Phi) is 4.62. The Bertz CT molecular complexity index is 285. The van der Waals surface area contributed by atoms with Crippen molar-refractivity contribution >= 4 is 5.91 Å². The highest BCUT2D eigenvalue weighted by atomic mass is 16.2. The lowest BCUT2D eigenvalue weighted by atomic mass is 9.75. The number of carbonyl (C=O) groups is 1. The van der Waals surface area contributed by atoms with Crippen molar-refractivity contribution in [2.75, 3.05) is 32.7 Å². The molecule has 2 fully saturated rings. The Morgan fingerprint density at radius 3 is 2.78 bits per heavy atom. The van der Waals surface area contributed by atoms with Gasteiger partial charge in [-0.1, -0.05) is 20.3 Å². The first-order valence-corrected chi connectivity index (χ1v) is 7.28. The molecule has 1 aliphatic heterocycles. The van der Waals surface area contributed by atoms with Gasteiger partial charge in [0.2, 0.25) is 5.91 Å². The lowest BCUT2D eigenvalue weighted by Gasteiger charge is -2.36. The van der Waals surface area contributed by atoms with E-state index in [-0.39, 0.29) is 5.91 Å². The second-order valence-corrected chi connectivity index (χ2v) is 6.55. The molecule has 18 heavy (non-hydrogen) atoms. The molecule has 1 saturated carbocycles. The molecule has 2 aliphatic rings. The number of hydrogen-bond donors (Lipinski definition) is 2. The standard InChI is InChI=1S/C14H27N3O/c1-14(2)5-3-4-12(10-14)16-13(18)11-17-8-6-15-7-9-17/h12,15H,3-11H2,1-2H3,(H,16,18). The van der Waals surface area contributed by atoms with Crippen molar-refractivity contribution in [2.24, 2.45) is 5.41 Å². The summed E-state index contributed by atoms with van der Waals surface area (Å²) in [7, 11) is 0. The maximum atomic E-state index is 12.0. The van der Waals surface area contributed by atoms with Crippen molar-refractivity contribution in [3.05, 3.63) is 0 Å². The lowest BCUT2D eigenvalue weighted by molar-refractivity contribution is -0.123. The third kappa shape index (κ3) is 4.25. The molecule has 0 aromatic heterocycles. The van der Waals surface area contributed by atoms with Crippen LogP contribution in [0.3, 0.4) is 0 Å². The molecule has 4 nitrogen and oxygen atoms in total. The van der Waals surface area contributed by atoms with E-state index in [9.17, 15) is 4.79 Å². The number of piperazine rings is 1. The van der Waals surface area contributed by atoms with Gasteiger partial charge >= 0.3 is 0 Å². The summed E-state index contributed by atoms with van der Waals surface area (Å²) in [5.74, 6) is 0.208. The van der Waals surface area contributed by atoms with Crippen LogP contribution in [0.4, 0.5) is 0 Å². The average molecular weight is 253 g/mol. The Hall–Kier alpha value is -0.610. The minimum absolute atomic E-state index is 0.208. The third-order valence-corrected chi connectivity index (χ3v) is 4.15. The summed E-state index contributed by atoms with van der Waals surface area (Å²) >= 11 is 0. The van der Waals surface area contributed by atoms with Gasteiger partial charge < -0.3 is 10.6 Å². The van der Waals surface area contributed by atoms with E-state index in [0.717, 1.165) is 39.0 Å². The maximum absolute atomic E-state index is 12.0. The van der Waals surface area contributed by atoms with E-state index in [1.807, 2.05) is 0 Å². The molecule has 0 spiro atoms. The molecule has 1 amide bonds. The largest absolute Gasteiger partial charge is 0.352 e. The molecular formula is C14H27N3O. The van der Waals surface area contributed by atoms with Crippen LogP contribution in [0.2, 0.25) is 0 Å². The van der Waals surface area contributed by atoms with Crippen LogP contribution in [0.15, 0.2) is 0 Å². The fraction of sp³-hybridized carbons (Fsp3) is 0.929. The fourth-order valence-corrected chi connectivity index (χ4v) is 3.17. The molecule has 1 unspecified atom stereocenters. The monoisotopic (exact) mass is 253 g/mol. The van der Waals surface area contributed by atoms with Crippen LogP contribution < -0.4 is 10.6 Å². The summed E-state index contributed by atoms with van der Waals surface area (Å²) in [6, 6.07) is 0.393. The van der Waals surface area contributed by atoms with E-state index in [1.54, 1.807) is 0 Å². The zero-order valence-corrected chi connectivity index (χ0v) is 11.8. The number of rotatable bonds is 3. The quantitative estimate of drug-likeness (QED) is 0.788. The summed E-state index contributed by atoms with van der Waals surface area (Å²) in [5, 5.41) is 6.53. The Morgan fingerprint density at radius 1 is 1.39 bits per heavy atom. The molecule has 1 atom stereocenters. The molecule has 2 rings (SSSR count). The van der Waals surface area contributed by atoms with Crippen LogP contribution in [0.25, 0.3) is 0 Å². The van der Waals surface area contributed by atoms with E-state index >= 15 is 0 Å². The summed E-state index contributed by atoms with van der Waals surface area (Å²) < 4.78 is 0. The second-order valence-electron chi connectivity index (χ2n) is 6.55. The maximum Gasteiger partial charge on any atom is 0.234 e. The van der Waals surface area contributed by atoms with Crippen molar-refractivity contribution in [1.29, 1.82) is 0 Å². The van der Waals surface area contributed by atoms with Gasteiger partial charge in [0.15, 0.2) is 0 Å². The van der Waals surface area contributed by atoms with Gasteiger partial charge in [0.05, 0.1) is 6.54 Å².